The summed E-state index contributed by atoms with van der Waals surface area (Å²) in [7, 11) is 0. The Morgan fingerprint density at radius 2 is 1.88 bits per heavy atom. The van der Waals surface area contributed by atoms with E-state index in [9.17, 15) is 0 Å². The van der Waals surface area contributed by atoms with Gasteiger partial charge in [0.1, 0.15) is 0 Å². The van der Waals surface area contributed by atoms with E-state index in [0.717, 1.165) is 37.6 Å². The third-order valence-corrected chi connectivity index (χ3v) is 2.35. The summed E-state index contributed by atoms with van der Waals surface area (Å²) >= 11 is 0. The fourth-order valence-corrected chi connectivity index (χ4v) is 1.53. The molecule has 0 amide bonds. The first-order valence-corrected chi connectivity index (χ1v) is 6.41. The summed E-state index contributed by atoms with van der Waals surface area (Å²) in [5, 5.41) is 3.30. The van der Waals surface area contributed by atoms with Crippen LogP contribution in [0.2, 0.25) is 0 Å². The van der Waals surface area contributed by atoms with Crippen molar-refractivity contribution in [3.8, 4) is 11.5 Å². The van der Waals surface area contributed by atoms with Crippen molar-refractivity contribution < 1.29 is 9.47 Å². The van der Waals surface area contributed by atoms with Crippen LogP contribution in [0.15, 0.2) is 18.2 Å². The van der Waals surface area contributed by atoms with E-state index in [0.29, 0.717) is 6.61 Å². The largest absolute Gasteiger partial charge is 0.490 e. The summed E-state index contributed by atoms with van der Waals surface area (Å²) in [4.78, 5) is 0. The number of ether oxygens (including phenoxy) is 2. The molecule has 0 aliphatic carbocycles. The van der Waals surface area contributed by atoms with Crippen molar-refractivity contribution >= 4 is 0 Å². The van der Waals surface area contributed by atoms with Gasteiger partial charge in [-0.3, -0.25) is 0 Å². The van der Waals surface area contributed by atoms with Crippen molar-refractivity contribution in [3.63, 3.8) is 0 Å². The minimum Gasteiger partial charge on any atom is -0.490 e. The van der Waals surface area contributed by atoms with Crippen LogP contribution >= 0.6 is 0 Å². The summed E-state index contributed by atoms with van der Waals surface area (Å²) in [6, 6.07) is 6.13. The van der Waals surface area contributed by atoms with Gasteiger partial charge in [0.15, 0.2) is 11.5 Å². The minimum atomic E-state index is 0.660. The topological polar surface area (TPSA) is 30.5 Å². The van der Waals surface area contributed by atoms with Gasteiger partial charge >= 0.3 is 0 Å². The van der Waals surface area contributed by atoms with Crippen molar-refractivity contribution in [2.45, 2.75) is 33.7 Å². The third-order valence-electron chi connectivity index (χ3n) is 2.35. The van der Waals surface area contributed by atoms with Crippen LogP contribution in [-0.2, 0) is 6.54 Å². The molecule has 1 rings (SSSR count). The first-order chi connectivity index (χ1) is 8.31. The van der Waals surface area contributed by atoms with E-state index in [1.807, 2.05) is 13.0 Å². The molecule has 0 aliphatic heterocycles. The van der Waals surface area contributed by atoms with Gasteiger partial charge in [0.2, 0.25) is 0 Å². The molecule has 1 aromatic rings. The maximum atomic E-state index is 5.65. The van der Waals surface area contributed by atoms with E-state index in [4.69, 9.17) is 9.47 Å². The molecule has 17 heavy (non-hydrogen) atoms. The molecular weight excluding hydrogens is 214 g/mol. The maximum Gasteiger partial charge on any atom is 0.161 e. The van der Waals surface area contributed by atoms with Crippen LogP contribution in [0.4, 0.5) is 0 Å². The van der Waals surface area contributed by atoms with Gasteiger partial charge in [-0.05, 0) is 37.6 Å². The van der Waals surface area contributed by atoms with Gasteiger partial charge in [-0.25, -0.2) is 0 Å². The van der Waals surface area contributed by atoms with Crippen LogP contribution < -0.4 is 14.8 Å². The Morgan fingerprint density at radius 1 is 1.06 bits per heavy atom. The normalized spacial score (nSPS) is 10.3. The SMILES string of the molecule is CCCOc1ccc(CNCC)cc1OCC. The lowest BCUT2D eigenvalue weighted by atomic mass is 10.2. The van der Waals surface area contributed by atoms with E-state index in [1.54, 1.807) is 0 Å². The average Bonchev–Trinajstić information content (AvgIpc) is 2.35. The van der Waals surface area contributed by atoms with Crippen LogP contribution in [0.5, 0.6) is 11.5 Å². The smallest absolute Gasteiger partial charge is 0.161 e. The Bertz CT molecular complexity index is 326. The molecular formula is C14H23NO2. The van der Waals surface area contributed by atoms with Gasteiger partial charge in [0, 0.05) is 6.54 Å². The molecule has 0 aromatic heterocycles. The van der Waals surface area contributed by atoms with E-state index in [-0.39, 0.29) is 0 Å². The molecule has 0 fully saturated rings. The van der Waals surface area contributed by atoms with Crippen LogP contribution in [0, 0.1) is 0 Å². The van der Waals surface area contributed by atoms with Crippen LogP contribution in [0.25, 0.3) is 0 Å². The summed E-state index contributed by atoms with van der Waals surface area (Å²) in [6.45, 7) is 9.41. The van der Waals surface area contributed by atoms with Gasteiger partial charge < -0.3 is 14.8 Å². The van der Waals surface area contributed by atoms with Gasteiger partial charge in [-0.15, -0.1) is 0 Å². The van der Waals surface area contributed by atoms with Gasteiger partial charge in [-0.1, -0.05) is 19.9 Å². The lowest BCUT2D eigenvalue weighted by molar-refractivity contribution is 0.276. The van der Waals surface area contributed by atoms with Crippen molar-refractivity contribution in [2.24, 2.45) is 0 Å². The highest BCUT2D eigenvalue weighted by Crippen LogP contribution is 2.28. The van der Waals surface area contributed by atoms with E-state index in [1.165, 1.54) is 5.56 Å². The lowest BCUT2D eigenvalue weighted by Gasteiger charge is -2.13. The average molecular weight is 237 g/mol. The Balaban J connectivity index is 2.75. The van der Waals surface area contributed by atoms with Crippen molar-refractivity contribution in [2.75, 3.05) is 19.8 Å². The van der Waals surface area contributed by atoms with Gasteiger partial charge in [0.25, 0.3) is 0 Å². The molecule has 0 saturated heterocycles. The predicted octanol–water partition coefficient (Wildman–Crippen LogP) is 2.98. The Kier molecular flexibility index (Phi) is 6.48. The summed E-state index contributed by atoms with van der Waals surface area (Å²) in [6.07, 6.45) is 1.00. The van der Waals surface area contributed by atoms with E-state index in [2.05, 4.69) is 31.3 Å². The molecule has 96 valence electrons. The van der Waals surface area contributed by atoms with Crippen LogP contribution in [0.1, 0.15) is 32.8 Å². The van der Waals surface area contributed by atoms with Crippen LogP contribution in [0.3, 0.4) is 0 Å². The zero-order chi connectivity index (χ0) is 12.5. The Labute approximate surface area is 104 Å². The number of hydrogen-bond donors (Lipinski definition) is 1. The molecule has 0 saturated carbocycles. The zero-order valence-electron chi connectivity index (χ0n) is 11.1. The van der Waals surface area contributed by atoms with Crippen LogP contribution in [-0.4, -0.2) is 19.8 Å². The summed E-state index contributed by atoms with van der Waals surface area (Å²) in [5.41, 5.74) is 1.22. The fraction of sp³-hybridized carbons (Fsp3) is 0.571. The van der Waals surface area contributed by atoms with Gasteiger partial charge in [-0.2, -0.15) is 0 Å². The molecule has 1 N–H and O–H groups in total. The maximum absolute atomic E-state index is 5.65. The second-order valence-electron chi connectivity index (χ2n) is 3.84. The first kappa shape index (κ1) is 13.8. The number of hydrogen-bond acceptors (Lipinski definition) is 3. The Hall–Kier alpha value is -1.22. The van der Waals surface area contributed by atoms with Gasteiger partial charge in [0.05, 0.1) is 13.2 Å². The molecule has 0 spiro atoms. The first-order valence-electron chi connectivity index (χ1n) is 6.41. The molecule has 0 atom stereocenters. The van der Waals surface area contributed by atoms with E-state index >= 15 is 0 Å². The lowest BCUT2D eigenvalue weighted by Crippen LogP contribution is -2.12. The summed E-state index contributed by atoms with van der Waals surface area (Å²) < 4.78 is 11.3. The van der Waals surface area contributed by atoms with E-state index < -0.39 is 0 Å². The molecule has 3 nitrogen and oxygen atoms in total. The monoisotopic (exact) mass is 237 g/mol. The standard InChI is InChI=1S/C14H23NO2/c1-4-9-17-13-8-7-12(11-15-5-2)10-14(13)16-6-3/h7-8,10,15H,4-6,9,11H2,1-3H3. The number of nitrogens with one attached hydrogen (secondary N) is 1. The minimum absolute atomic E-state index is 0.660. The highest BCUT2D eigenvalue weighted by molar-refractivity contribution is 5.43. The fourth-order valence-electron chi connectivity index (χ4n) is 1.53. The molecule has 3 heteroatoms. The Morgan fingerprint density at radius 3 is 2.53 bits per heavy atom. The van der Waals surface area contributed by atoms with Crippen molar-refractivity contribution in [1.29, 1.82) is 0 Å². The molecule has 0 bridgehead atoms. The second kappa shape index (κ2) is 7.96. The summed E-state index contributed by atoms with van der Waals surface area (Å²) in [5.74, 6) is 1.69. The molecule has 0 aliphatic rings. The molecule has 0 radical (unpaired) electrons. The quantitative estimate of drug-likeness (QED) is 0.754. The van der Waals surface area contributed by atoms with Crippen molar-refractivity contribution in [1.82, 2.24) is 5.32 Å². The molecule has 0 unspecified atom stereocenters. The number of benzene rings is 1. The zero-order valence-corrected chi connectivity index (χ0v) is 11.1. The highest BCUT2D eigenvalue weighted by Gasteiger charge is 2.05. The predicted molar refractivity (Wildman–Crippen MR) is 70.8 cm³/mol. The third kappa shape index (κ3) is 4.65. The second-order valence-corrected chi connectivity index (χ2v) is 3.84. The highest BCUT2D eigenvalue weighted by atomic mass is 16.5. The number of rotatable bonds is 8. The molecule has 0 heterocycles. The molecule has 1 aromatic carbocycles. The van der Waals surface area contributed by atoms with Crippen molar-refractivity contribution in [3.05, 3.63) is 23.8 Å².